The van der Waals surface area contributed by atoms with Gasteiger partial charge in [0.2, 0.25) is 15.9 Å². The van der Waals surface area contributed by atoms with Gasteiger partial charge in [0.25, 0.3) is 5.69 Å². The highest BCUT2D eigenvalue weighted by atomic mass is 32.2. The lowest BCUT2D eigenvalue weighted by Crippen LogP contribution is -2.48. The topological polar surface area (TPSA) is 113 Å². The average molecular weight is 475 g/mol. The highest BCUT2D eigenvalue weighted by molar-refractivity contribution is 7.92. The van der Waals surface area contributed by atoms with Crippen LogP contribution in [0.25, 0.3) is 0 Å². The number of sulfonamides is 1. The van der Waals surface area contributed by atoms with E-state index < -0.39 is 26.9 Å². The molecule has 3 rings (SSSR count). The average Bonchev–Trinajstić information content (AvgIpc) is 3.25. The third-order valence-electron chi connectivity index (χ3n) is 5.79. The lowest BCUT2D eigenvalue weighted by Gasteiger charge is -2.29. The summed E-state index contributed by atoms with van der Waals surface area (Å²) in [5.74, 6) is -0.490. The van der Waals surface area contributed by atoms with E-state index in [1.807, 2.05) is 18.2 Å². The van der Waals surface area contributed by atoms with Gasteiger partial charge in [-0.2, -0.15) is 0 Å². The van der Waals surface area contributed by atoms with Crippen LogP contribution in [0.2, 0.25) is 0 Å². The van der Waals surface area contributed by atoms with Gasteiger partial charge in [0.05, 0.1) is 16.9 Å². The summed E-state index contributed by atoms with van der Waals surface area (Å²) in [6.07, 6.45) is 3.42. The largest absolute Gasteiger partial charge is 0.350 e. The summed E-state index contributed by atoms with van der Waals surface area (Å²) >= 11 is 0. The number of carbonyl (C=O) groups excluding carboxylic acids is 1. The number of nitro benzene ring substituents is 1. The molecule has 1 amide bonds. The summed E-state index contributed by atoms with van der Waals surface area (Å²) in [7, 11) is -3.89. The predicted molar refractivity (Wildman–Crippen MR) is 127 cm³/mol. The van der Waals surface area contributed by atoms with Gasteiger partial charge in [-0.25, -0.2) is 8.42 Å². The highest BCUT2D eigenvalue weighted by Gasteiger charge is 2.31. The van der Waals surface area contributed by atoms with E-state index in [0.717, 1.165) is 35.8 Å². The number of anilines is 1. The Balaban J connectivity index is 1.74. The van der Waals surface area contributed by atoms with Crippen LogP contribution >= 0.6 is 0 Å². The Hall–Kier alpha value is -2.98. The molecule has 1 N–H and O–H groups in total. The number of nitrogens with zero attached hydrogens (tertiary/aromatic N) is 3. The maximum absolute atomic E-state index is 12.9. The molecule has 0 saturated carbocycles. The van der Waals surface area contributed by atoms with E-state index in [9.17, 15) is 23.3 Å². The van der Waals surface area contributed by atoms with Crippen molar-refractivity contribution in [3.05, 3.63) is 69.3 Å². The molecule has 1 heterocycles. The number of nitro groups is 1. The molecule has 2 aromatic carbocycles. The van der Waals surface area contributed by atoms with E-state index >= 15 is 0 Å². The smallest absolute Gasteiger partial charge is 0.271 e. The molecule has 178 valence electrons. The summed E-state index contributed by atoms with van der Waals surface area (Å²) in [5.41, 5.74) is 2.47. The number of rotatable bonds is 9. The zero-order valence-corrected chi connectivity index (χ0v) is 20.0. The molecule has 9 nitrogen and oxygen atoms in total. The first-order valence-electron chi connectivity index (χ1n) is 10.9. The van der Waals surface area contributed by atoms with Crippen LogP contribution in [0, 0.1) is 17.0 Å². The number of amides is 1. The van der Waals surface area contributed by atoms with Crippen LogP contribution in [0.1, 0.15) is 36.5 Å². The molecule has 1 fully saturated rings. The van der Waals surface area contributed by atoms with E-state index in [2.05, 4.69) is 16.3 Å². The number of aryl methyl sites for hydroxylation is 1. The van der Waals surface area contributed by atoms with Gasteiger partial charge in [0.1, 0.15) is 6.04 Å². The molecule has 0 aromatic heterocycles. The minimum absolute atomic E-state index is 0.113. The lowest BCUT2D eigenvalue weighted by molar-refractivity contribution is -0.384. The number of carbonyl (C=O) groups is 1. The standard InChI is InChI=1S/C23H30N4O5S/c1-17-9-10-21(27(29)30)14-22(17)26(33(3,31)32)18(2)23(28)24-15-19-7-6-8-20(13-19)16-25-11-4-5-12-25/h6-10,13-14,18H,4-5,11-12,15-16H2,1-3H3,(H,24,28). The van der Waals surface area contributed by atoms with E-state index in [4.69, 9.17) is 0 Å². The van der Waals surface area contributed by atoms with Crippen LogP contribution in [0.3, 0.4) is 0 Å². The van der Waals surface area contributed by atoms with Crippen molar-refractivity contribution in [1.82, 2.24) is 10.2 Å². The zero-order valence-electron chi connectivity index (χ0n) is 19.2. The second-order valence-electron chi connectivity index (χ2n) is 8.48. The molecule has 1 atom stereocenters. The van der Waals surface area contributed by atoms with Crippen molar-refractivity contribution in [2.75, 3.05) is 23.7 Å². The summed E-state index contributed by atoms with van der Waals surface area (Å²) < 4.78 is 26.1. The second kappa shape index (κ2) is 10.3. The van der Waals surface area contributed by atoms with Crippen molar-refractivity contribution in [3.8, 4) is 0 Å². The Labute approximate surface area is 194 Å². The first-order valence-corrected chi connectivity index (χ1v) is 12.7. The van der Waals surface area contributed by atoms with Crippen molar-refractivity contribution >= 4 is 27.3 Å². The SMILES string of the molecule is Cc1ccc([N+](=O)[O-])cc1N(C(C)C(=O)NCc1cccc(CN2CCCC2)c1)S(C)(=O)=O. The van der Waals surface area contributed by atoms with Gasteiger partial charge in [0, 0.05) is 25.2 Å². The van der Waals surface area contributed by atoms with E-state index in [1.54, 1.807) is 6.92 Å². The molecule has 1 saturated heterocycles. The molecular weight excluding hydrogens is 444 g/mol. The van der Waals surface area contributed by atoms with Crippen LogP contribution in [0.4, 0.5) is 11.4 Å². The van der Waals surface area contributed by atoms with Crippen molar-refractivity contribution in [1.29, 1.82) is 0 Å². The van der Waals surface area contributed by atoms with Crippen LogP contribution in [-0.2, 0) is 27.9 Å². The van der Waals surface area contributed by atoms with Gasteiger partial charge in [-0.15, -0.1) is 0 Å². The number of nitrogens with one attached hydrogen (secondary N) is 1. The van der Waals surface area contributed by atoms with Crippen LogP contribution in [0.15, 0.2) is 42.5 Å². The van der Waals surface area contributed by atoms with Gasteiger partial charge in [0.15, 0.2) is 0 Å². The van der Waals surface area contributed by atoms with Crippen molar-refractivity contribution in [2.45, 2.75) is 45.8 Å². The molecule has 0 radical (unpaired) electrons. The number of likely N-dealkylation sites (tertiary alicyclic amines) is 1. The Kier molecular flexibility index (Phi) is 7.70. The number of non-ortho nitro benzene ring substituents is 1. The third-order valence-corrected chi connectivity index (χ3v) is 7.02. The molecule has 0 spiro atoms. The predicted octanol–water partition coefficient (Wildman–Crippen LogP) is 2.97. The fourth-order valence-corrected chi connectivity index (χ4v) is 5.33. The molecule has 1 aliphatic heterocycles. The number of hydrogen-bond acceptors (Lipinski definition) is 6. The monoisotopic (exact) mass is 474 g/mol. The second-order valence-corrected chi connectivity index (χ2v) is 10.3. The maximum atomic E-state index is 12.9. The van der Waals surface area contributed by atoms with Crippen molar-refractivity contribution in [2.24, 2.45) is 0 Å². The first-order chi connectivity index (χ1) is 15.6. The first kappa shape index (κ1) is 24.7. The molecule has 0 aliphatic carbocycles. The quantitative estimate of drug-likeness (QED) is 0.442. The van der Waals surface area contributed by atoms with E-state index in [-0.39, 0.29) is 17.9 Å². The molecule has 1 aliphatic rings. The van der Waals surface area contributed by atoms with Crippen molar-refractivity contribution in [3.63, 3.8) is 0 Å². The van der Waals surface area contributed by atoms with E-state index in [1.165, 1.54) is 43.5 Å². The van der Waals surface area contributed by atoms with Crippen LogP contribution < -0.4 is 9.62 Å². The minimum atomic E-state index is -3.89. The molecule has 10 heteroatoms. The van der Waals surface area contributed by atoms with Crippen LogP contribution in [0.5, 0.6) is 0 Å². The fraction of sp³-hybridized carbons (Fsp3) is 0.435. The summed E-state index contributed by atoms with van der Waals surface area (Å²) in [4.78, 5) is 25.9. The summed E-state index contributed by atoms with van der Waals surface area (Å²) in [6.45, 7) is 6.43. The number of hydrogen-bond donors (Lipinski definition) is 1. The van der Waals surface area contributed by atoms with Gasteiger partial charge >= 0.3 is 0 Å². The van der Waals surface area contributed by atoms with Gasteiger partial charge in [-0.05, 0) is 56.5 Å². The Morgan fingerprint density at radius 1 is 1.18 bits per heavy atom. The molecular formula is C23H30N4O5S. The van der Waals surface area contributed by atoms with Gasteiger partial charge < -0.3 is 5.32 Å². The zero-order chi connectivity index (χ0) is 24.2. The molecule has 2 aromatic rings. The Morgan fingerprint density at radius 2 is 1.85 bits per heavy atom. The fourth-order valence-electron chi connectivity index (χ4n) is 4.10. The van der Waals surface area contributed by atoms with E-state index in [0.29, 0.717) is 5.56 Å². The Bertz CT molecular complexity index is 1130. The normalized spacial score (nSPS) is 15.2. The minimum Gasteiger partial charge on any atom is -0.350 e. The summed E-state index contributed by atoms with van der Waals surface area (Å²) in [6, 6.07) is 10.8. The van der Waals surface area contributed by atoms with Gasteiger partial charge in [-0.3, -0.25) is 24.1 Å². The van der Waals surface area contributed by atoms with Crippen molar-refractivity contribution < 1.29 is 18.1 Å². The Morgan fingerprint density at radius 3 is 2.48 bits per heavy atom. The van der Waals surface area contributed by atoms with Crippen LogP contribution in [-0.4, -0.2) is 49.5 Å². The summed E-state index contributed by atoms with van der Waals surface area (Å²) in [5, 5.41) is 14.0. The molecule has 1 unspecified atom stereocenters. The number of benzene rings is 2. The maximum Gasteiger partial charge on any atom is 0.271 e. The molecule has 0 bridgehead atoms. The lowest BCUT2D eigenvalue weighted by atomic mass is 10.1. The van der Waals surface area contributed by atoms with Gasteiger partial charge in [-0.1, -0.05) is 30.3 Å². The molecule has 33 heavy (non-hydrogen) atoms. The third kappa shape index (κ3) is 6.29. The highest BCUT2D eigenvalue weighted by Crippen LogP contribution is 2.29.